The molecule has 0 radical (unpaired) electrons. The number of rotatable bonds is 9. The summed E-state index contributed by atoms with van der Waals surface area (Å²) in [7, 11) is -1.88. The summed E-state index contributed by atoms with van der Waals surface area (Å²) in [5, 5.41) is 8.61. The third-order valence-electron chi connectivity index (χ3n) is 3.85. The fraction of sp³-hybridized carbons (Fsp3) is 0.500. The first kappa shape index (κ1) is 18.4. The lowest BCUT2D eigenvalue weighted by Gasteiger charge is -2.16. The minimum absolute atomic E-state index is 0.0636. The van der Waals surface area contributed by atoms with Crippen LogP contribution in [-0.2, 0) is 26.0 Å². The van der Waals surface area contributed by atoms with Crippen molar-refractivity contribution in [2.75, 3.05) is 13.6 Å². The molecule has 0 spiro atoms. The lowest BCUT2D eigenvalue weighted by molar-refractivity contribution is -0.138. The van der Waals surface area contributed by atoms with Gasteiger partial charge in [0, 0.05) is 26.1 Å². The Kier molecular flexibility index (Phi) is 5.95. The summed E-state index contributed by atoms with van der Waals surface area (Å²) in [5.41, 5.74) is 0.861. The van der Waals surface area contributed by atoms with E-state index in [1.54, 1.807) is 31.3 Å². The topological polar surface area (TPSA) is 104 Å². The van der Waals surface area contributed by atoms with Crippen molar-refractivity contribution >= 4 is 21.9 Å². The maximum Gasteiger partial charge on any atom is 0.305 e. The van der Waals surface area contributed by atoms with Crippen LogP contribution < -0.4 is 4.72 Å². The van der Waals surface area contributed by atoms with Crippen LogP contribution >= 0.6 is 0 Å². The van der Waals surface area contributed by atoms with Crippen molar-refractivity contribution in [1.29, 1.82) is 0 Å². The zero-order valence-corrected chi connectivity index (χ0v) is 14.4. The number of aryl methyl sites for hydroxylation is 1. The molecule has 2 N–H and O–H groups in total. The Bertz CT molecular complexity index is 696. The molecule has 1 amide bonds. The van der Waals surface area contributed by atoms with Crippen LogP contribution in [0.5, 0.6) is 0 Å². The van der Waals surface area contributed by atoms with E-state index in [-0.39, 0.29) is 36.2 Å². The van der Waals surface area contributed by atoms with Gasteiger partial charge in [-0.1, -0.05) is 12.1 Å². The summed E-state index contributed by atoms with van der Waals surface area (Å²) in [5.74, 6) is -1.07. The predicted molar refractivity (Wildman–Crippen MR) is 88.0 cm³/mol. The molecule has 7 nitrogen and oxygen atoms in total. The standard InChI is InChI=1S/C16H22N2O5S/c1-18(11-10-16(20)21)15(19)9-4-12-2-7-14(8-3-12)24(22,23)17-13-5-6-13/h2-3,7-8,13,17H,4-6,9-11H2,1H3,(H,20,21). The Morgan fingerprint density at radius 1 is 1.21 bits per heavy atom. The van der Waals surface area contributed by atoms with Crippen molar-refractivity contribution < 1.29 is 23.1 Å². The molecule has 8 heteroatoms. The van der Waals surface area contributed by atoms with Crippen LogP contribution in [0.2, 0.25) is 0 Å². The average molecular weight is 354 g/mol. The van der Waals surface area contributed by atoms with Crippen molar-refractivity contribution in [2.45, 2.75) is 43.0 Å². The Hall–Kier alpha value is -1.93. The molecule has 0 atom stereocenters. The van der Waals surface area contributed by atoms with E-state index >= 15 is 0 Å². The second kappa shape index (κ2) is 7.76. The van der Waals surface area contributed by atoms with E-state index in [9.17, 15) is 18.0 Å². The van der Waals surface area contributed by atoms with Crippen LogP contribution in [0.15, 0.2) is 29.2 Å². The molecule has 1 aliphatic carbocycles. The molecule has 0 aromatic heterocycles. The fourth-order valence-electron chi connectivity index (χ4n) is 2.15. The maximum absolute atomic E-state index is 12.1. The minimum Gasteiger partial charge on any atom is -0.481 e. The van der Waals surface area contributed by atoms with E-state index in [2.05, 4.69) is 4.72 Å². The van der Waals surface area contributed by atoms with E-state index in [1.807, 2.05) is 0 Å². The number of hydrogen-bond acceptors (Lipinski definition) is 4. The van der Waals surface area contributed by atoms with Gasteiger partial charge in [0.05, 0.1) is 11.3 Å². The number of carboxylic acid groups (broad SMARTS) is 1. The molecule has 24 heavy (non-hydrogen) atoms. The largest absolute Gasteiger partial charge is 0.481 e. The SMILES string of the molecule is CN(CCC(=O)O)C(=O)CCc1ccc(S(=O)(=O)NC2CC2)cc1. The molecule has 1 aliphatic rings. The van der Waals surface area contributed by atoms with Gasteiger partial charge < -0.3 is 10.0 Å². The van der Waals surface area contributed by atoms with Gasteiger partial charge in [-0.25, -0.2) is 13.1 Å². The Morgan fingerprint density at radius 3 is 2.38 bits per heavy atom. The molecule has 2 rings (SSSR count). The highest BCUT2D eigenvalue weighted by Gasteiger charge is 2.27. The zero-order valence-electron chi connectivity index (χ0n) is 13.6. The van der Waals surface area contributed by atoms with Gasteiger partial charge >= 0.3 is 5.97 Å². The van der Waals surface area contributed by atoms with Crippen molar-refractivity contribution in [3.8, 4) is 0 Å². The molecule has 0 bridgehead atoms. The van der Waals surface area contributed by atoms with Gasteiger partial charge in [-0.05, 0) is 37.0 Å². The molecular formula is C16H22N2O5S. The van der Waals surface area contributed by atoms with Gasteiger partial charge in [0.25, 0.3) is 0 Å². The number of amides is 1. The quantitative estimate of drug-likeness (QED) is 0.688. The number of carbonyl (C=O) groups is 2. The molecule has 132 valence electrons. The lowest BCUT2D eigenvalue weighted by Crippen LogP contribution is -2.29. The molecule has 0 heterocycles. The molecule has 0 unspecified atom stereocenters. The van der Waals surface area contributed by atoms with Crippen molar-refractivity contribution in [1.82, 2.24) is 9.62 Å². The van der Waals surface area contributed by atoms with Crippen LogP contribution in [-0.4, -0.2) is 49.9 Å². The Labute approximate surface area is 141 Å². The predicted octanol–water partition coefficient (Wildman–Crippen LogP) is 0.993. The normalized spacial score (nSPS) is 14.4. The van der Waals surface area contributed by atoms with E-state index in [4.69, 9.17) is 5.11 Å². The van der Waals surface area contributed by atoms with Gasteiger partial charge in [0.1, 0.15) is 0 Å². The highest BCUT2D eigenvalue weighted by atomic mass is 32.2. The van der Waals surface area contributed by atoms with Gasteiger partial charge in [0.15, 0.2) is 0 Å². The van der Waals surface area contributed by atoms with Crippen LogP contribution in [0.3, 0.4) is 0 Å². The Balaban J connectivity index is 1.85. The fourth-order valence-corrected chi connectivity index (χ4v) is 3.46. The second-order valence-corrected chi connectivity index (χ2v) is 7.71. The first-order valence-electron chi connectivity index (χ1n) is 7.85. The van der Waals surface area contributed by atoms with E-state index in [0.29, 0.717) is 6.42 Å². The second-order valence-electron chi connectivity index (χ2n) is 6.00. The molecule has 1 saturated carbocycles. The summed E-state index contributed by atoms with van der Waals surface area (Å²) in [6.45, 7) is 0.179. The first-order valence-corrected chi connectivity index (χ1v) is 9.33. The van der Waals surface area contributed by atoms with Crippen LogP contribution in [0.4, 0.5) is 0 Å². The van der Waals surface area contributed by atoms with Gasteiger partial charge in [0.2, 0.25) is 15.9 Å². The molecule has 1 aromatic rings. The smallest absolute Gasteiger partial charge is 0.305 e. The number of hydrogen-bond donors (Lipinski definition) is 2. The third kappa shape index (κ3) is 5.61. The monoisotopic (exact) mass is 354 g/mol. The minimum atomic E-state index is -3.45. The number of nitrogens with one attached hydrogen (secondary N) is 1. The lowest BCUT2D eigenvalue weighted by atomic mass is 10.1. The molecule has 1 aromatic carbocycles. The van der Waals surface area contributed by atoms with Crippen LogP contribution in [0.25, 0.3) is 0 Å². The molecule has 0 saturated heterocycles. The molecular weight excluding hydrogens is 332 g/mol. The van der Waals surface area contributed by atoms with E-state index in [1.165, 1.54) is 4.90 Å². The summed E-state index contributed by atoms with van der Waals surface area (Å²) in [6.07, 6.45) is 2.42. The van der Waals surface area contributed by atoms with Crippen LogP contribution in [0.1, 0.15) is 31.2 Å². The number of carboxylic acids is 1. The average Bonchev–Trinajstić information content (AvgIpc) is 3.33. The molecule has 1 fully saturated rings. The number of aliphatic carboxylic acids is 1. The van der Waals surface area contributed by atoms with Gasteiger partial charge in [-0.2, -0.15) is 0 Å². The first-order chi connectivity index (χ1) is 11.3. The summed E-state index contributed by atoms with van der Waals surface area (Å²) in [6, 6.07) is 6.55. The maximum atomic E-state index is 12.1. The summed E-state index contributed by atoms with van der Waals surface area (Å²) >= 11 is 0. The number of sulfonamides is 1. The third-order valence-corrected chi connectivity index (χ3v) is 5.38. The van der Waals surface area contributed by atoms with Crippen molar-refractivity contribution in [2.24, 2.45) is 0 Å². The number of nitrogens with zero attached hydrogens (tertiary/aromatic N) is 1. The van der Waals surface area contributed by atoms with Gasteiger partial charge in [-0.15, -0.1) is 0 Å². The summed E-state index contributed by atoms with van der Waals surface area (Å²) in [4.78, 5) is 24.0. The Morgan fingerprint density at radius 2 is 1.83 bits per heavy atom. The number of carbonyl (C=O) groups excluding carboxylic acids is 1. The molecule has 0 aliphatic heterocycles. The van der Waals surface area contributed by atoms with E-state index < -0.39 is 16.0 Å². The van der Waals surface area contributed by atoms with Crippen LogP contribution in [0, 0.1) is 0 Å². The van der Waals surface area contributed by atoms with E-state index in [0.717, 1.165) is 18.4 Å². The highest BCUT2D eigenvalue weighted by molar-refractivity contribution is 7.89. The summed E-state index contributed by atoms with van der Waals surface area (Å²) < 4.78 is 26.7. The number of benzene rings is 1. The zero-order chi connectivity index (χ0) is 17.7. The van der Waals surface area contributed by atoms with Crippen molar-refractivity contribution in [3.63, 3.8) is 0 Å². The highest BCUT2D eigenvalue weighted by Crippen LogP contribution is 2.22. The van der Waals surface area contributed by atoms with Crippen molar-refractivity contribution in [3.05, 3.63) is 29.8 Å². The van der Waals surface area contributed by atoms with Gasteiger partial charge in [-0.3, -0.25) is 9.59 Å².